The van der Waals surface area contributed by atoms with Crippen molar-refractivity contribution in [2.24, 2.45) is 11.8 Å². The van der Waals surface area contributed by atoms with Crippen LogP contribution < -0.4 is 0 Å². The lowest BCUT2D eigenvalue weighted by Gasteiger charge is -2.26. The minimum Gasteiger partial charge on any atom is -0.303 e. The topological polar surface area (TPSA) is 17.1 Å². The third-order valence-corrected chi connectivity index (χ3v) is 5.07. The minimum atomic E-state index is 0.375. The molecule has 1 aliphatic rings. The normalized spacial score (nSPS) is 18.1. The van der Waals surface area contributed by atoms with Crippen LogP contribution in [-0.4, -0.2) is 6.29 Å². The Morgan fingerprint density at radius 2 is 1.40 bits per heavy atom. The van der Waals surface area contributed by atoms with Gasteiger partial charge in [0.25, 0.3) is 0 Å². The summed E-state index contributed by atoms with van der Waals surface area (Å²) in [5, 5.41) is 0. The summed E-state index contributed by atoms with van der Waals surface area (Å²) in [6.07, 6.45) is 21.5. The third kappa shape index (κ3) is 8.07. The minimum absolute atomic E-state index is 0.375. The average Bonchev–Trinajstić information content (AvgIpc) is 2.50. The van der Waals surface area contributed by atoms with Crippen LogP contribution in [0.15, 0.2) is 0 Å². The molecule has 1 nitrogen and oxygen atoms in total. The molecule has 1 saturated carbocycles. The van der Waals surface area contributed by atoms with Crippen LogP contribution in [0.25, 0.3) is 0 Å². The van der Waals surface area contributed by atoms with Crippen molar-refractivity contribution in [1.29, 1.82) is 0 Å². The standard InChI is InChI=1S/C19H36O/c1-2-3-4-5-6-7-8-9-11-16-19(17-20)18-14-12-10-13-15-18/h17-19H,2-16H2,1H3. The Balaban J connectivity index is 1.94. The van der Waals surface area contributed by atoms with Crippen LogP contribution in [0, 0.1) is 11.8 Å². The molecule has 1 heteroatoms. The Bertz CT molecular complexity index is 218. The number of carbonyl (C=O) groups is 1. The molecular formula is C19H36O. The van der Waals surface area contributed by atoms with Crippen molar-refractivity contribution in [1.82, 2.24) is 0 Å². The molecule has 0 heterocycles. The number of hydrogen-bond acceptors (Lipinski definition) is 1. The van der Waals surface area contributed by atoms with Gasteiger partial charge in [-0.3, -0.25) is 0 Å². The quantitative estimate of drug-likeness (QED) is 0.303. The lowest BCUT2D eigenvalue weighted by atomic mass is 9.78. The Hall–Kier alpha value is -0.330. The first kappa shape index (κ1) is 17.7. The van der Waals surface area contributed by atoms with Gasteiger partial charge in [0, 0.05) is 5.92 Å². The van der Waals surface area contributed by atoms with E-state index in [0.29, 0.717) is 5.92 Å². The summed E-state index contributed by atoms with van der Waals surface area (Å²) < 4.78 is 0. The van der Waals surface area contributed by atoms with Gasteiger partial charge in [-0.2, -0.15) is 0 Å². The zero-order valence-electron chi connectivity index (χ0n) is 13.7. The molecule has 1 atom stereocenters. The summed E-state index contributed by atoms with van der Waals surface area (Å²) in [7, 11) is 0. The highest BCUT2D eigenvalue weighted by atomic mass is 16.1. The van der Waals surface area contributed by atoms with E-state index in [2.05, 4.69) is 6.92 Å². The summed E-state index contributed by atoms with van der Waals surface area (Å²) in [5.74, 6) is 1.09. The SMILES string of the molecule is CCCCCCCCCCCC(C=O)C1CCCCC1. The van der Waals surface area contributed by atoms with E-state index in [1.165, 1.54) is 96.2 Å². The Morgan fingerprint density at radius 3 is 1.95 bits per heavy atom. The second kappa shape index (κ2) is 12.4. The van der Waals surface area contributed by atoms with Gasteiger partial charge in [0.05, 0.1) is 0 Å². The molecule has 0 aromatic rings. The van der Waals surface area contributed by atoms with Crippen molar-refractivity contribution in [3.05, 3.63) is 0 Å². The maximum atomic E-state index is 11.3. The first-order valence-corrected chi connectivity index (χ1v) is 9.33. The third-order valence-electron chi connectivity index (χ3n) is 5.07. The van der Waals surface area contributed by atoms with Crippen molar-refractivity contribution in [2.75, 3.05) is 0 Å². The van der Waals surface area contributed by atoms with Crippen molar-refractivity contribution in [2.45, 2.75) is 103 Å². The van der Waals surface area contributed by atoms with E-state index in [4.69, 9.17) is 0 Å². The summed E-state index contributed by atoms with van der Waals surface area (Å²) in [6, 6.07) is 0. The highest BCUT2D eigenvalue weighted by Crippen LogP contribution is 2.31. The Labute approximate surface area is 126 Å². The molecule has 0 amide bonds. The number of aldehydes is 1. The molecule has 0 aromatic heterocycles. The Kier molecular flexibility index (Phi) is 11.0. The van der Waals surface area contributed by atoms with Gasteiger partial charge in [-0.15, -0.1) is 0 Å². The van der Waals surface area contributed by atoms with Gasteiger partial charge < -0.3 is 4.79 Å². The van der Waals surface area contributed by atoms with Crippen LogP contribution in [0.3, 0.4) is 0 Å². The van der Waals surface area contributed by atoms with E-state index in [9.17, 15) is 4.79 Å². The zero-order chi connectivity index (χ0) is 14.5. The van der Waals surface area contributed by atoms with Crippen molar-refractivity contribution in [3.63, 3.8) is 0 Å². The number of unbranched alkanes of at least 4 members (excludes halogenated alkanes) is 8. The van der Waals surface area contributed by atoms with E-state index in [1.807, 2.05) is 0 Å². The van der Waals surface area contributed by atoms with Crippen LogP contribution in [0.5, 0.6) is 0 Å². The highest BCUT2D eigenvalue weighted by Gasteiger charge is 2.22. The molecule has 1 rings (SSSR count). The van der Waals surface area contributed by atoms with Crippen molar-refractivity contribution >= 4 is 6.29 Å². The molecule has 1 unspecified atom stereocenters. The molecule has 0 aliphatic heterocycles. The predicted octanol–water partition coefficient (Wildman–Crippen LogP) is 6.30. The fourth-order valence-electron chi connectivity index (χ4n) is 3.67. The van der Waals surface area contributed by atoms with Gasteiger partial charge in [0.15, 0.2) is 0 Å². The molecule has 1 fully saturated rings. The number of rotatable bonds is 12. The summed E-state index contributed by atoms with van der Waals surface area (Å²) >= 11 is 0. The highest BCUT2D eigenvalue weighted by molar-refractivity contribution is 5.53. The summed E-state index contributed by atoms with van der Waals surface area (Å²) in [4.78, 5) is 11.3. The fourth-order valence-corrected chi connectivity index (χ4v) is 3.67. The molecule has 1 aliphatic carbocycles. The maximum Gasteiger partial charge on any atom is 0.123 e. The molecule has 0 aromatic carbocycles. The van der Waals surface area contributed by atoms with Gasteiger partial charge in [0.1, 0.15) is 6.29 Å². The first-order valence-electron chi connectivity index (χ1n) is 9.33. The monoisotopic (exact) mass is 280 g/mol. The van der Waals surface area contributed by atoms with Crippen LogP contribution in [0.4, 0.5) is 0 Å². The van der Waals surface area contributed by atoms with Gasteiger partial charge in [-0.25, -0.2) is 0 Å². The second-order valence-corrected chi connectivity index (χ2v) is 6.82. The lowest BCUT2D eigenvalue weighted by Crippen LogP contribution is -2.19. The number of hydrogen-bond donors (Lipinski definition) is 0. The van der Waals surface area contributed by atoms with Crippen molar-refractivity contribution in [3.8, 4) is 0 Å². The van der Waals surface area contributed by atoms with Gasteiger partial charge in [-0.05, 0) is 25.2 Å². The van der Waals surface area contributed by atoms with Crippen LogP contribution >= 0.6 is 0 Å². The first-order chi connectivity index (χ1) is 9.88. The largest absolute Gasteiger partial charge is 0.303 e. The molecule has 0 saturated heterocycles. The predicted molar refractivity (Wildman–Crippen MR) is 88.0 cm³/mol. The van der Waals surface area contributed by atoms with Crippen LogP contribution in [0.1, 0.15) is 103 Å². The lowest BCUT2D eigenvalue weighted by molar-refractivity contribution is -0.113. The van der Waals surface area contributed by atoms with Gasteiger partial charge in [-0.1, -0.05) is 84.0 Å². The van der Waals surface area contributed by atoms with Crippen molar-refractivity contribution < 1.29 is 4.79 Å². The van der Waals surface area contributed by atoms with E-state index in [-0.39, 0.29) is 0 Å². The van der Waals surface area contributed by atoms with E-state index in [0.717, 1.165) is 12.3 Å². The smallest absolute Gasteiger partial charge is 0.123 e. The molecule has 0 N–H and O–H groups in total. The zero-order valence-corrected chi connectivity index (χ0v) is 13.7. The molecule has 0 radical (unpaired) electrons. The fraction of sp³-hybridized carbons (Fsp3) is 0.947. The van der Waals surface area contributed by atoms with Crippen LogP contribution in [-0.2, 0) is 4.79 Å². The second-order valence-electron chi connectivity index (χ2n) is 6.82. The molecule has 20 heavy (non-hydrogen) atoms. The van der Waals surface area contributed by atoms with E-state index >= 15 is 0 Å². The summed E-state index contributed by atoms with van der Waals surface area (Å²) in [5.41, 5.74) is 0. The van der Waals surface area contributed by atoms with E-state index < -0.39 is 0 Å². The maximum absolute atomic E-state index is 11.3. The number of carbonyl (C=O) groups excluding carboxylic acids is 1. The van der Waals surface area contributed by atoms with Gasteiger partial charge in [0.2, 0.25) is 0 Å². The van der Waals surface area contributed by atoms with E-state index in [1.54, 1.807) is 0 Å². The molecule has 0 spiro atoms. The molecular weight excluding hydrogens is 244 g/mol. The average molecular weight is 280 g/mol. The molecule has 0 bridgehead atoms. The summed E-state index contributed by atoms with van der Waals surface area (Å²) in [6.45, 7) is 2.27. The van der Waals surface area contributed by atoms with Gasteiger partial charge >= 0.3 is 0 Å². The molecule has 118 valence electrons. The van der Waals surface area contributed by atoms with Crippen LogP contribution in [0.2, 0.25) is 0 Å². The Morgan fingerprint density at radius 1 is 0.850 bits per heavy atom.